The first-order valence-corrected chi connectivity index (χ1v) is 20.1. The summed E-state index contributed by atoms with van der Waals surface area (Å²) in [5, 5.41) is 9.10. The van der Waals surface area contributed by atoms with E-state index < -0.39 is 0 Å². The summed E-state index contributed by atoms with van der Waals surface area (Å²) in [6.07, 6.45) is 0. The van der Waals surface area contributed by atoms with Gasteiger partial charge in [0.25, 0.3) is 0 Å². The van der Waals surface area contributed by atoms with Crippen molar-refractivity contribution in [3.05, 3.63) is 212 Å². The average Bonchev–Trinajstić information content (AvgIpc) is 3.89. The molecule has 12 rings (SSSR count). The van der Waals surface area contributed by atoms with E-state index in [1.807, 2.05) is 12.1 Å². The molecule has 2 heterocycles. The molecule has 0 saturated heterocycles. The summed E-state index contributed by atoms with van der Waals surface area (Å²) in [5.41, 5.74) is 13.5. The molecule has 0 unspecified atom stereocenters. The molecule has 0 aliphatic carbocycles. The predicted molar refractivity (Wildman–Crippen MR) is 247 cm³/mol. The quantitative estimate of drug-likeness (QED) is 0.169. The van der Waals surface area contributed by atoms with Crippen LogP contribution in [0.25, 0.3) is 98.8 Å². The van der Waals surface area contributed by atoms with Crippen molar-refractivity contribution in [3.63, 3.8) is 0 Å². The number of furan rings is 2. The summed E-state index contributed by atoms with van der Waals surface area (Å²) in [7, 11) is 0. The minimum atomic E-state index is 0.843. The molecule has 0 amide bonds. The van der Waals surface area contributed by atoms with E-state index in [-0.39, 0.29) is 0 Å². The van der Waals surface area contributed by atoms with E-state index in [0.29, 0.717) is 0 Å². The molecule has 0 N–H and O–H groups in total. The van der Waals surface area contributed by atoms with Crippen LogP contribution in [0.1, 0.15) is 0 Å². The monoisotopic (exact) mass is 753 g/mol. The second-order valence-electron chi connectivity index (χ2n) is 15.2. The molecular weight excluding hydrogens is 719 g/mol. The van der Waals surface area contributed by atoms with Crippen LogP contribution in [0.5, 0.6) is 0 Å². The molecule has 0 saturated carbocycles. The summed E-state index contributed by atoms with van der Waals surface area (Å²) >= 11 is 0. The van der Waals surface area contributed by atoms with Crippen molar-refractivity contribution in [1.82, 2.24) is 0 Å². The molecule has 276 valence electrons. The zero-order valence-electron chi connectivity index (χ0n) is 32.0. The van der Waals surface area contributed by atoms with Gasteiger partial charge < -0.3 is 13.7 Å². The molecule has 0 bridgehead atoms. The highest BCUT2D eigenvalue weighted by Crippen LogP contribution is 2.47. The zero-order valence-corrected chi connectivity index (χ0v) is 32.0. The van der Waals surface area contributed by atoms with Gasteiger partial charge in [-0.1, -0.05) is 158 Å². The Morgan fingerprint density at radius 2 is 0.949 bits per heavy atom. The number of fused-ring (bicyclic) bond motifs is 9. The molecular formula is C56H35NO2. The largest absolute Gasteiger partial charge is 0.455 e. The molecule has 2 aromatic heterocycles. The van der Waals surface area contributed by atoms with E-state index in [4.69, 9.17) is 8.83 Å². The maximum atomic E-state index is 6.89. The normalized spacial score (nSPS) is 11.7. The van der Waals surface area contributed by atoms with E-state index in [2.05, 4.69) is 205 Å². The van der Waals surface area contributed by atoms with Gasteiger partial charge in [-0.15, -0.1) is 0 Å². The van der Waals surface area contributed by atoms with Gasteiger partial charge in [-0.3, -0.25) is 0 Å². The molecule has 0 atom stereocenters. The number of rotatable bonds is 6. The van der Waals surface area contributed by atoms with Gasteiger partial charge in [-0.05, 0) is 98.6 Å². The van der Waals surface area contributed by atoms with Gasteiger partial charge in [0.05, 0.1) is 11.1 Å². The predicted octanol–water partition coefficient (Wildman–Crippen LogP) is 16.3. The maximum absolute atomic E-state index is 6.89. The van der Waals surface area contributed by atoms with Crippen molar-refractivity contribution in [2.75, 3.05) is 4.90 Å². The van der Waals surface area contributed by atoms with E-state index in [1.54, 1.807) is 0 Å². The molecule has 0 radical (unpaired) electrons. The molecule has 59 heavy (non-hydrogen) atoms. The van der Waals surface area contributed by atoms with E-state index in [0.717, 1.165) is 83.0 Å². The van der Waals surface area contributed by atoms with Gasteiger partial charge in [0.2, 0.25) is 0 Å². The lowest BCUT2D eigenvalue weighted by Crippen LogP contribution is -2.10. The van der Waals surface area contributed by atoms with Gasteiger partial charge in [0, 0.05) is 38.5 Å². The number of hydrogen-bond donors (Lipinski definition) is 0. The Balaban J connectivity index is 1.08. The van der Waals surface area contributed by atoms with E-state index >= 15 is 0 Å². The van der Waals surface area contributed by atoms with Crippen LogP contribution in [0.2, 0.25) is 0 Å². The highest BCUT2D eigenvalue weighted by molar-refractivity contribution is 6.23. The number of benzene rings is 10. The standard InChI is InChI=1S/C56H35NO2/c1-2-13-36(14-3-1)40-17-10-18-43(34-40)57(42-31-29-38(30-32-42)44-22-11-23-48-46-20-8-9-25-52(46)58-55(44)48)51-24-12-26-53-54(51)50-35-49(45-19-6-7-21-47(45)56(50)59-53)41-28-27-37-15-4-5-16-39(37)33-41/h1-35H. The molecule has 0 fully saturated rings. The van der Waals surface area contributed by atoms with E-state index in [1.165, 1.54) is 32.8 Å². The SMILES string of the molecule is c1ccc(-c2cccc(N(c3ccc(-c4cccc5c4oc4ccccc45)cc3)c3cccc4oc5c6ccccc6c(-c6ccc7ccccc7c6)cc5c34)c2)cc1. The summed E-state index contributed by atoms with van der Waals surface area (Å²) < 4.78 is 13.4. The van der Waals surface area contributed by atoms with Crippen molar-refractivity contribution < 1.29 is 8.83 Å². The van der Waals surface area contributed by atoms with Crippen LogP contribution < -0.4 is 4.90 Å². The van der Waals surface area contributed by atoms with Crippen molar-refractivity contribution in [1.29, 1.82) is 0 Å². The number of nitrogens with zero attached hydrogens (tertiary/aromatic N) is 1. The van der Waals surface area contributed by atoms with Crippen LogP contribution in [0, 0.1) is 0 Å². The lowest BCUT2D eigenvalue weighted by molar-refractivity contribution is 0.670. The fourth-order valence-corrected chi connectivity index (χ4v) is 9.06. The fraction of sp³-hybridized carbons (Fsp3) is 0. The van der Waals surface area contributed by atoms with Crippen LogP contribution in [0.4, 0.5) is 17.1 Å². The van der Waals surface area contributed by atoms with Crippen molar-refractivity contribution in [2.45, 2.75) is 0 Å². The van der Waals surface area contributed by atoms with Crippen molar-refractivity contribution in [2.24, 2.45) is 0 Å². The molecule has 3 nitrogen and oxygen atoms in total. The van der Waals surface area contributed by atoms with Crippen LogP contribution in [-0.2, 0) is 0 Å². The maximum Gasteiger partial charge on any atom is 0.143 e. The Morgan fingerprint density at radius 3 is 1.83 bits per heavy atom. The third-order valence-corrected chi connectivity index (χ3v) is 11.8. The lowest BCUT2D eigenvalue weighted by Gasteiger charge is -2.27. The van der Waals surface area contributed by atoms with Gasteiger partial charge in [0.15, 0.2) is 0 Å². The molecule has 10 aromatic carbocycles. The van der Waals surface area contributed by atoms with Gasteiger partial charge in [-0.25, -0.2) is 0 Å². The van der Waals surface area contributed by atoms with Crippen LogP contribution >= 0.6 is 0 Å². The van der Waals surface area contributed by atoms with Crippen molar-refractivity contribution in [3.8, 4) is 33.4 Å². The average molecular weight is 754 g/mol. The minimum absolute atomic E-state index is 0.843. The first-order valence-electron chi connectivity index (χ1n) is 20.1. The molecule has 3 heteroatoms. The summed E-state index contributed by atoms with van der Waals surface area (Å²) in [6, 6.07) is 75.7. The summed E-state index contributed by atoms with van der Waals surface area (Å²) in [6.45, 7) is 0. The Labute approximate surface area is 340 Å². The number of hydrogen-bond acceptors (Lipinski definition) is 3. The molecule has 12 aromatic rings. The first kappa shape index (κ1) is 33.3. The Hall–Kier alpha value is -7.88. The summed E-state index contributed by atoms with van der Waals surface area (Å²) in [4.78, 5) is 2.38. The van der Waals surface area contributed by atoms with Crippen molar-refractivity contribution >= 4 is 82.5 Å². The lowest BCUT2D eigenvalue weighted by atomic mass is 9.93. The topological polar surface area (TPSA) is 29.5 Å². The zero-order chi connectivity index (χ0) is 38.9. The van der Waals surface area contributed by atoms with Gasteiger partial charge in [-0.2, -0.15) is 0 Å². The Morgan fingerprint density at radius 1 is 0.305 bits per heavy atom. The Bertz CT molecular complexity index is 3560. The number of para-hydroxylation sites is 2. The number of anilines is 3. The van der Waals surface area contributed by atoms with Crippen LogP contribution in [0.3, 0.4) is 0 Å². The second kappa shape index (κ2) is 13.4. The van der Waals surface area contributed by atoms with Crippen LogP contribution in [0.15, 0.2) is 221 Å². The summed E-state index contributed by atoms with van der Waals surface area (Å²) in [5.74, 6) is 0. The minimum Gasteiger partial charge on any atom is -0.455 e. The second-order valence-corrected chi connectivity index (χ2v) is 15.2. The third-order valence-electron chi connectivity index (χ3n) is 11.8. The molecule has 0 aliphatic rings. The fourth-order valence-electron chi connectivity index (χ4n) is 9.06. The molecule has 0 aliphatic heterocycles. The highest BCUT2D eigenvalue weighted by atomic mass is 16.3. The Kier molecular flexibility index (Phi) is 7.54. The first-order chi connectivity index (χ1) is 29.2. The van der Waals surface area contributed by atoms with Crippen LogP contribution in [-0.4, -0.2) is 0 Å². The van der Waals surface area contributed by atoms with Gasteiger partial charge >= 0.3 is 0 Å². The smallest absolute Gasteiger partial charge is 0.143 e. The molecule has 0 spiro atoms. The van der Waals surface area contributed by atoms with E-state index in [9.17, 15) is 0 Å². The van der Waals surface area contributed by atoms with Gasteiger partial charge in [0.1, 0.15) is 22.3 Å². The third kappa shape index (κ3) is 5.44. The highest BCUT2D eigenvalue weighted by Gasteiger charge is 2.23.